The van der Waals surface area contributed by atoms with E-state index in [-0.39, 0.29) is 0 Å². The number of morpholine rings is 1. The molecular formula is C23H32N4O3. The Morgan fingerprint density at radius 1 is 0.733 bits per heavy atom. The van der Waals surface area contributed by atoms with Gasteiger partial charge in [0.25, 0.3) is 0 Å². The molecule has 0 spiro atoms. The second-order valence-electron chi connectivity index (χ2n) is 8.39. The van der Waals surface area contributed by atoms with Gasteiger partial charge in [0.1, 0.15) is 0 Å². The Kier molecular flexibility index (Phi) is 6.22. The molecule has 2 aromatic rings. The van der Waals surface area contributed by atoms with Crippen LogP contribution < -0.4 is 9.47 Å². The van der Waals surface area contributed by atoms with Gasteiger partial charge >= 0.3 is 0 Å². The molecular weight excluding hydrogens is 380 g/mol. The van der Waals surface area contributed by atoms with Crippen molar-refractivity contribution in [2.45, 2.75) is 19.6 Å². The van der Waals surface area contributed by atoms with Crippen LogP contribution in [0.4, 0.5) is 0 Å². The van der Waals surface area contributed by atoms with Gasteiger partial charge in [-0.05, 0) is 29.8 Å². The Morgan fingerprint density at radius 3 is 2.33 bits per heavy atom. The molecule has 0 amide bonds. The Bertz CT molecular complexity index is 826. The molecule has 162 valence electrons. The second kappa shape index (κ2) is 9.39. The number of benzene rings is 1. The average Bonchev–Trinajstić information content (AvgIpc) is 3.43. The average molecular weight is 413 g/mol. The Labute approximate surface area is 178 Å². The number of fused-ring (bicyclic) bond motifs is 1. The second-order valence-corrected chi connectivity index (χ2v) is 8.39. The molecule has 5 rings (SSSR count). The van der Waals surface area contributed by atoms with Crippen LogP contribution >= 0.6 is 0 Å². The normalized spacial score (nSPS) is 20.7. The van der Waals surface area contributed by atoms with Gasteiger partial charge in [0.15, 0.2) is 11.5 Å². The number of nitrogens with zero attached hydrogens (tertiary/aromatic N) is 4. The minimum Gasteiger partial charge on any atom is -0.454 e. The minimum atomic E-state index is 0.339. The number of aromatic nitrogens is 1. The number of hydrogen-bond donors (Lipinski definition) is 0. The molecule has 0 saturated carbocycles. The third-order valence-electron chi connectivity index (χ3n) is 6.38. The summed E-state index contributed by atoms with van der Waals surface area (Å²) < 4.78 is 18.8. The molecule has 4 heterocycles. The van der Waals surface area contributed by atoms with Crippen molar-refractivity contribution >= 4 is 0 Å². The largest absolute Gasteiger partial charge is 0.454 e. The Balaban J connectivity index is 1.09. The van der Waals surface area contributed by atoms with Crippen molar-refractivity contribution in [1.29, 1.82) is 0 Å². The molecule has 0 aliphatic carbocycles. The highest BCUT2D eigenvalue weighted by molar-refractivity contribution is 5.44. The van der Waals surface area contributed by atoms with Crippen LogP contribution in [0.3, 0.4) is 0 Å². The van der Waals surface area contributed by atoms with Crippen LogP contribution in [-0.4, -0.2) is 85.1 Å². The van der Waals surface area contributed by atoms with E-state index in [0.717, 1.165) is 90.2 Å². The van der Waals surface area contributed by atoms with Crippen molar-refractivity contribution in [3.05, 3.63) is 47.8 Å². The van der Waals surface area contributed by atoms with Gasteiger partial charge in [-0.15, -0.1) is 0 Å². The molecule has 2 fully saturated rings. The first-order chi connectivity index (χ1) is 14.8. The smallest absolute Gasteiger partial charge is 0.231 e. The predicted molar refractivity (Wildman–Crippen MR) is 115 cm³/mol. The van der Waals surface area contributed by atoms with Gasteiger partial charge in [-0.25, -0.2) is 0 Å². The third kappa shape index (κ3) is 4.81. The summed E-state index contributed by atoms with van der Waals surface area (Å²) in [6, 6.07) is 10.8. The molecule has 3 aliphatic rings. The molecule has 0 radical (unpaired) electrons. The van der Waals surface area contributed by atoms with Crippen molar-refractivity contribution in [3.8, 4) is 11.5 Å². The van der Waals surface area contributed by atoms with Gasteiger partial charge < -0.3 is 18.8 Å². The van der Waals surface area contributed by atoms with Gasteiger partial charge in [0.05, 0.1) is 13.2 Å². The lowest BCUT2D eigenvalue weighted by Crippen LogP contribution is -2.45. The molecule has 3 aliphatic heterocycles. The summed E-state index contributed by atoms with van der Waals surface area (Å²) in [6.07, 6.45) is 2.23. The van der Waals surface area contributed by atoms with Gasteiger partial charge in [-0.3, -0.25) is 14.7 Å². The van der Waals surface area contributed by atoms with Crippen LogP contribution in [0.5, 0.6) is 11.5 Å². The molecule has 0 N–H and O–H groups in total. The summed E-state index contributed by atoms with van der Waals surface area (Å²) in [5.41, 5.74) is 2.72. The first-order valence-electron chi connectivity index (χ1n) is 11.1. The highest BCUT2D eigenvalue weighted by Crippen LogP contribution is 2.32. The fourth-order valence-electron chi connectivity index (χ4n) is 4.52. The lowest BCUT2D eigenvalue weighted by atomic mass is 10.1. The van der Waals surface area contributed by atoms with Crippen LogP contribution in [0.15, 0.2) is 36.5 Å². The fourth-order valence-corrected chi connectivity index (χ4v) is 4.52. The van der Waals surface area contributed by atoms with Crippen molar-refractivity contribution in [1.82, 2.24) is 19.3 Å². The number of piperazine rings is 1. The summed E-state index contributed by atoms with van der Waals surface area (Å²) in [6.45, 7) is 12.8. The molecule has 0 bridgehead atoms. The summed E-state index contributed by atoms with van der Waals surface area (Å²) in [7, 11) is 0. The van der Waals surface area contributed by atoms with Crippen LogP contribution in [-0.2, 0) is 24.4 Å². The van der Waals surface area contributed by atoms with Crippen molar-refractivity contribution in [2.24, 2.45) is 0 Å². The minimum absolute atomic E-state index is 0.339. The maximum Gasteiger partial charge on any atom is 0.231 e. The molecule has 7 nitrogen and oxygen atoms in total. The Hall–Kier alpha value is -2.06. The van der Waals surface area contributed by atoms with E-state index >= 15 is 0 Å². The van der Waals surface area contributed by atoms with Crippen molar-refractivity contribution in [3.63, 3.8) is 0 Å². The van der Waals surface area contributed by atoms with Crippen LogP contribution in [0, 0.1) is 0 Å². The predicted octanol–water partition coefficient (Wildman–Crippen LogP) is 1.87. The van der Waals surface area contributed by atoms with Crippen LogP contribution in [0.25, 0.3) is 0 Å². The molecule has 1 aromatic heterocycles. The molecule has 0 unspecified atom stereocenters. The van der Waals surface area contributed by atoms with E-state index in [4.69, 9.17) is 14.2 Å². The highest BCUT2D eigenvalue weighted by atomic mass is 16.7. The molecule has 1 aromatic carbocycles. The third-order valence-corrected chi connectivity index (χ3v) is 6.38. The monoisotopic (exact) mass is 412 g/mol. The summed E-state index contributed by atoms with van der Waals surface area (Å²) in [5, 5.41) is 0. The summed E-state index contributed by atoms with van der Waals surface area (Å²) in [4.78, 5) is 7.62. The van der Waals surface area contributed by atoms with Crippen LogP contribution in [0.2, 0.25) is 0 Å². The van der Waals surface area contributed by atoms with Gasteiger partial charge in [-0.2, -0.15) is 0 Å². The van der Waals surface area contributed by atoms with E-state index in [1.165, 1.54) is 11.3 Å². The first kappa shape index (κ1) is 19.9. The van der Waals surface area contributed by atoms with E-state index in [1.807, 2.05) is 6.07 Å². The number of ether oxygens (including phenoxy) is 3. The number of hydrogen-bond acceptors (Lipinski definition) is 6. The van der Waals surface area contributed by atoms with Crippen molar-refractivity contribution in [2.75, 3.05) is 65.8 Å². The van der Waals surface area contributed by atoms with Gasteiger partial charge in [-0.1, -0.05) is 6.07 Å². The lowest BCUT2D eigenvalue weighted by Gasteiger charge is -2.35. The summed E-state index contributed by atoms with van der Waals surface area (Å²) >= 11 is 0. The zero-order valence-corrected chi connectivity index (χ0v) is 17.7. The number of rotatable bonds is 7. The standard InChI is InChI=1S/C23H32N4O3/c1-2-21(27(5-1)11-10-24-12-14-28-15-13-24)18-26-8-6-25(7-9-26)17-20-3-4-22-23(16-20)30-19-29-22/h1-5,16H,6-15,17-19H2. The van der Waals surface area contributed by atoms with Gasteiger partial charge in [0, 0.05) is 77.3 Å². The quantitative estimate of drug-likeness (QED) is 0.692. The SMILES string of the molecule is c1cc(CN2CCN(Cc3ccc4c(c3)OCO4)CC2)n(CCN2CCOCC2)c1. The van der Waals surface area contributed by atoms with E-state index < -0.39 is 0 Å². The zero-order valence-electron chi connectivity index (χ0n) is 17.7. The van der Waals surface area contributed by atoms with E-state index in [1.54, 1.807) is 0 Å². The zero-order chi connectivity index (χ0) is 20.2. The molecule has 0 atom stereocenters. The van der Waals surface area contributed by atoms with E-state index in [2.05, 4.69) is 49.7 Å². The van der Waals surface area contributed by atoms with Crippen LogP contribution in [0.1, 0.15) is 11.3 Å². The van der Waals surface area contributed by atoms with Gasteiger partial charge in [0.2, 0.25) is 6.79 Å². The maximum atomic E-state index is 5.51. The van der Waals surface area contributed by atoms with E-state index in [9.17, 15) is 0 Å². The maximum absolute atomic E-state index is 5.51. The molecule has 30 heavy (non-hydrogen) atoms. The fraction of sp³-hybridized carbons (Fsp3) is 0.565. The first-order valence-corrected chi connectivity index (χ1v) is 11.1. The Morgan fingerprint density at radius 2 is 1.50 bits per heavy atom. The summed E-state index contributed by atoms with van der Waals surface area (Å²) in [5.74, 6) is 1.74. The lowest BCUT2D eigenvalue weighted by molar-refractivity contribution is 0.0362. The molecule has 2 saturated heterocycles. The highest BCUT2D eigenvalue weighted by Gasteiger charge is 2.20. The van der Waals surface area contributed by atoms with Crippen molar-refractivity contribution < 1.29 is 14.2 Å². The topological polar surface area (TPSA) is 42.3 Å². The molecule has 7 heteroatoms. The van der Waals surface area contributed by atoms with E-state index in [0.29, 0.717) is 6.79 Å².